The first-order valence-corrected chi connectivity index (χ1v) is 9.53. The molecule has 0 fully saturated rings. The van der Waals surface area contributed by atoms with Gasteiger partial charge in [-0.3, -0.25) is 14.3 Å². The van der Waals surface area contributed by atoms with Crippen LogP contribution in [-0.2, 0) is 11.8 Å². The van der Waals surface area contributed by atoms with Crippen LogP contribution >= 0.6 is 22.6 Å². The molecule has 1 amide bonds. The fourth-order valence-corrected chi connectivity index (χ4v) is 3.13. The maximum atomic E-state index is 12.9. The third kappa shape index (κ3) is 3.92. The maximum Gasteiger partial charge on any atom is 0.295 e. The predicted octanol–water partition coefficient (Wildman–Crippen LogP) is 3.63. The number of carbonyl (C=O) groups excluding carboxylic acids is 1. The van der Waals surface area contributed by atoms with Crippen LogP contribution in [0, 0.1) is 21.8 Å². The van der Waals surface area contributed by atoms with Gasteiger partial charge in [-0.2, -0.15) is 5.26 Å². The van der Waals surface area contributed by atoms with Crippen molar-refractivity contribution in [1.29, 1.82) is 5.26 Å². The number of benzene rings is 2. The van der Waals surface area contributed by atoms with Crippen molar-refractivity contribution >= 4 is 40.3 Å². The monoisotopic (exact) mass is 484 g/mol. The number of nitrogens with one attached hydrogen (secondary N) is 1. The van der Waals surface area contributed by atoms with Gasteiger partial charge < -0.3 is 5.32 Å². The van der Waals surface area contributed by atoms with E-state index >= 15 is 0 Å². The van der Waals surface area contributed by atoms with Gasteiger partial charge in [0.15, 0.2) is 0 Å². The molecule has 0 aliphatic rings. The summed E-state index contributed by atoms with van der Waals surface area (Å²) in [5, 5.41) is 12.0. The lowest BCUT2D eigenvalue weighted by molar-refractivity contribution is -0.112. The molecule has 140 valence electrons. The molecule has 6 nitrogen and oxygen atoms in total. The number of anilines is 1. The molecule has 1 aromatic heterocycles. The molecular weight excluding hydrogens is 467 g/mol. The summed E-state index contributed by atoms with van der Waals surface area (Å²) in [5.41, 5.74) is 1.74. The van der Waals surface area contributed by atoms with Crippen molar-refractivity contribution in [3.05, 3.63) is 85.4 Å². The van der Waals surface area contributed by atoms with Crippen LogP contribution < -0.4 is 10.9 Å². The molecule has 0 radical (unpaired) electrons. The van der Waals surface area contributed by atoms with Crippen molar-refractivity contribution in [2.75, 3.05) is 5.32 Å². The Balaban J connectivity index is 1.95. The number of rotatable bonds is 4. The Morgan fingerprint density at radius 2 is 1.79 bits per heavy atom. The Kier molecular flexibility index (Phi) is 5.80. The number of aromatic nitrogens is 2. The molecule has 0 atom stereocenters. The molecular formula is C21H17IN4O2. The lowest BCUT2D eigenvalue weighted by Crippen LogP contribution is -2.23. The van der Waals surface area contributed by atoms with Gasteiger partial charge in [0.25, 0.3) is 11.5 Å². The Morgan fingerprint density at radius 1 is 1.14 bits per heavy atom. The second-order valence-electron chi connectivity index (χ2n) is 6.11. The van der Waals surface area contributed by atoms with Gasteiger partial charge in [-0.25, -0.2) is 4.68 Å². The second-order valence-corrected chi connectivity index (χ2v) is 7.36. The normalized spacial score (nSPS) is 11.1. The number of nitrogens with zero attached hydrogens (tertiary/aromatic N) is 3. The number of carbonyl (C=O) groups is 1. The molecule has 3 rings (SSSR count). The smallest absolute Gasteiger partial charge is 0.295 e. The molecule has 1 heterocycles. The van der Waals surface area contributed by atoms with Crippen molar-refractivity contribution in [1.82, 2.24) is 9.36 Å². The third-order valence-electron chi connectivity index (χ3n) is 4.34. The first kappa shape index (κ1) is 19.6. The maximum absolute atomic E-state index is 12.9. The van der Waals surface area contributed by atoms with Gasteiger partial charge in [-0.15, -0.1) is 0 Å². The Bertz CT molecular complexity index is 1150. The molecule has 0 aliphatic carbocycles. The second kappa shape index (κ2) is 8.27. The van der Waals surface area contributed by atoms with Crippen molar-refractivity contribution < 1.29 is 4.79 Å². The SMILES string of the molecule is Cc1c(NC(=O)/C(C#N)=C/c2ccc(I)cc2)c(=O)n(-c2ccccc2)n1C. The zero-order valence-corrected chi connectivity index (χ0v) is 17.5. The number of hydrogen-bond acceptors (Lipinski definition) is 3. The first-order chi connectivity index (χ1) is 13.4. The van der Waals surface area contributed by atoms with Crippen LogP contribution in [0.3, 0.4) is 0 Å². The van der Waals surface area contributed by atoms with Crippen molar-refractivity contribution in [2.45, 2.75) is 6.92 Å². The van der Waals surface area contributed by atoms with E-state index in [-0.39, 0.29) is 16.8 Å². The van der Waals surface area contributed by atoms with E-state index in [0.717, 1.165) is 9.13 Å². The molecule has 0 unspecified atom stereocenters. The molecule has 0 aliphatic heterocycles. The standard InChI is InChI=1S/C21H17IN4O2/c1-14-19(21(28)26(25(14)2)18-6-4-3-5-7-18)24-20(27)16(13-23)12-15-8-10-17(22)11-9-15/h3-12H,1-2H3,(H,24,27)/b16-12+. The summed E-state index contributed by atoms with van der Waals surface area (Å²) < 4.78 is 4.20. The van der Waals surface area contributed by atoms with Gasteiger partial charge in [0.2, 0.25) is 0 Å². The molecule has 28 heavy (non-hydrogen) atoms. The summed E-state index contributed by atoms with van der Waals surface area (Å²) in [4.78, 5) is 25.5. The minimum atomic E-state index is -0.618. The highest BCUT2D eigenvalue weighted by Crippen LogP contribution is 2.16. The largest absolute Gasteiger partial charge is 0.315 e. The number of nitriles is 1. The average Bonchev–Trinajstić information content (AvgIpc) is 2.91. The lowest BCUT2D eigenvalue weighted by atomic mass is 10.1. The van der Waals surface area contributed by atoms with E-state index in [1.165, 1.54) is 10.8 Å². The highest BCUT2D eigenvalue weighted by atomic mass is 127. The van der Waals surface area contributed by atoms with Gasteiger partial charge in [-0.1, -0.05) is 30.3 Å². The zero-order chi connectivity index (χ0) is 20.3. The summed E-state index contributed by atoms with van der Waals surface area (Å²) >= 11 is 2.18. The molecule has 2 aromatic carbocycles. The number of hydrogen-bond donors (Lipinski definition) is 1. The van der Waals surface area contributed by atoms with Crippen LogP contribution in [0.5, 0.6) is 0 Å². The quantitative estimate of drug-likeness (QED) is 0.349. The van der Waals surface area contributed by atoms with Gasteiger partial charge in [-0.05, 0) is 65.4 Å². The van der Waals surface area contributed by atoms with Gasteiger partial charge in [0.05, 0.1) is 11.4 Å². The van der Waals surface area contributed by atoms with E-state index in [1.807, 2.05) is 60.7 Å². The molecule has 7 heteroatoms. The van der Waals surface area contributed by atoms with E-state index < -0.39 is 5.91 Å². The Hall–Kier alpha value is -3.12. The summed E-state index contributed by atoms with van der Waals surface area (Å²) in [5.74, 6) is -0.618. The number of halogens is 1. The highest BCUT2D eigenvalue weighted by Gasteiger charge is 2.19. The fraction of sp³-hybridized carbons (Fsp3) is 0.0952. The topological polar surface area (TPSA) is 79.8 Å². The zero-order valence-electron chi connectivity index (χ0n) is 15.3. The summed E-state index contributed by atoms with van der Waals surface area (Å²) in [6.45, 7) is 1.74. The van der Waals surface area contributed by atoms with Crippen LogP contribution in [0.4, 0.5) is 5.69 Å². The third-order valence-corrected chi connectivity index (χ3v) is 5.06. The minimum Gasteiger partial charge on any atom is -0.315 e. The van der Waals surface area contributed by atoms with Gasteiger partial charge >= 0.3 is 0 Å². The highest BCUT2D eigenvalue weighted by molar-refractivity contribution is 14.1. The molecule has 0 saturated carbocycles. The predicted molar refractivity (Wildman–Crippen MR) is 117 cm³/mol. The van der Waals surface area contributed by atoms with Gasteiger partial charge in [0, 0.05) is 10.6 Å². The van der Waals surface area contributed by atoms with E-state index in [1.54, 1.807) is 18.7 Å². The van der Waals surface area contributed by atoms with Crippen LogP contribution in [0.25, 0.3) is 11.8 Å². The summed E-state index contributed by atoms with van der Waals surface area (Å²) in [6, 6.07) is 18.5. The summed E-state index contributed by atoms with van der Waals surface area (Å²) in [7, 11) is 1.74. The van der Waals surface area contributed by atoms with E-state index in [4.69, 9.17) is 0 Å². The van der Waals surface area contributed by atoms with Crippen LogP contribution in [0.15, 0.2) is 65.0 Å². The van der Waals surface area contributed by atoms with Crippen molar-refractivity contribution in [2.24, 2.45) is 7.05 Å². The van der Waals surface area contributed by atoms with Crippen LogP contribution in [0.1, 0.15) is 11.3 Å². The minimum absolute atomic E-state index is 0.0740. The number of para-hydroxylation sites is 1. The lowest BCUT2D eigenvalue weighted by Gasteiger charge is -2.07. The molecule has 0 bridgehead atoms. The Labute approximate surface area is 175 Å². The Morgan fingerprint density at radius 3 is 2.39 bits per heavy atom. The average molecular weight is 484 g/mol. The van der Waals surface area contributed by atoms with Crippen molar-refractivity contribution in [3.63, 3.8) is 0 Å². The van der Waals surface area contributed by atoms with Crippen molar-refractivity contribution in [3.8, 4) is 11.8 Å². The van der Waals surface area contributed by atoms with Gasteiger partial charge in [0.1, 0.15) is 17.3 Å². The van der Waals surface area contributed by atoms with Crippen LogP contribution in [-0.4, -0.2) is 15.3 Å². The summed E-state index contributed by atoms with van der Waals surface area (Å²) in [6.07, 6.45) is 1.50. The molecule has 0 saturated heterocycles. The van der Waals surface area contributed by atoms with E-state index in [0.29, 0.717) is 11.4 Å². The molecule has 1 N–H and O–H groups in total. The first-order valence-electron chi connectivity index (χ1n) is 8.45. The number of amides is 1. The molecule has 0 spiro atoms. The van der Waals surface area contributed by atoms with E-state index in [9.17, 15) is 14.9 Å². The fourth-order valence-electron chi connectivity index (χ4n) is 2.77. The van der Waals surface area contributed by atoms with Crippen LogP contribution in [0.2, 0.25) is 0 Å². The molecule has 3 aromatic rings. The van der Waals surface area contributed by atoms with E-state index in [2.05, 4.69) is 27.9 Å².